The number of rotatable bonds is 6. The Bertz CT molecular complexity index is 569. The summed E-state index contributed by atoms with van der Waals surface area (Å²) in [7, 11) is 0. The first-order chi connectivity index (χ1) is 9.79. The van der Waals surface area contributed by atoms with Crippen LogP contribution in [-0.4, -0.2) is 19.7 Å². The fraction of sp³-hybridized carbons (Fsp3) is 0.176. The number of ether oxygens (including phenoxy) is 1. The lowest BCUT2D eigenvalue weighted by Gasteiger charge is -2.07. The molecule has 0 saturated heterocycles. The van der Waals surface area contributed by atoms with Crippen LogP contribution in [0.4, 0.5) is 0 Å². The van der Waals surface area contributed by atoms with E-state index in [0.29, 0.717) is 13.2 Å². The van der Waals surface area contributed by atoms with Crippen molar-refractivity contribution in [1.82, 2.24) is 5.32 Å². The molecule has 2 aromatic rings. The van der Waals surface area contributed by atoms with Crippen LogP contribution in [0.3, 0.4) is 0 Å². The largest absolute Gasteiger partial charge is 0.492 e. The predicted octanol–water partition coefficient (Wildman–Crippen LogP) is 3.72. The van der Waals surface area contributed by atoms with Gasteiger partial charge in [-0.1, -0.05) is 46.1 Å². The maximum atomic E-state index is 5.62. The molecule has 0 spiro atoms. The Balaban J connectivity index is 1.90. The van der Waals surface area contributed by atoms with Crippen LogP contribution >= 0.6 is 15.9 Å². The zero-order chi connectivity index (χ0) is 14.2. The standard InChI is InChI=1S/C17H16BrNO/c1-2-11-19-12-13-20-17-9-5-15(6-10-17)14-3-7-16(18)8-4-14/h1,3-10,19H,11-13H2. The van der Waals surface area contributed by atoms with Crippen LogP contribution in [0.25, 0.3) is 11.1 Å². The van der Waals surface area contributed by atoms with Crippen LogP contribution in [0.1, 0.15) is 0 Å². The van der Waals surface area contributed by atoms with Gasteiger partial charge in [0.25, 0.3) is 0 Å². The Morgan fingerprint density at radius 3 is 2.20 bits per heavy atom. The Labute approximate surface area is 128 Å². The second kappa shape index (κ2) is 7.74. The molecule has 0 heterocycles. The Kier molecular flexibility index (Phi) is 5.67. The quantitative estimate of drug-likeness (QED) is 0.644. The maximum Gasteiger partial charge on any atom is 0.119 e. The summed E-state index contributed by atoms with van der Waals surface area (Å²) >= 11 is 3.44. The first-order valence-electron chi connectivity index (χ1n) is 6.42. The van der Waals surface area contributed by atoms with Gasteiger partial charge in [0.05, 0.1) is 6.54 Å². The van der Waals surface area contributed by atoms with Gasteiger partial charge in [-0.2, -0.15) is 0 Å². The molecular weight excluding hydrogens is 314 g/mol. The molecule has 20 heavy (non-hydrogen) atoms. The lowest BCUT2D eigenvalue weighted by atomic mass is 10.1. The molecule has 2 aromatic carbocycles. The highest BCUT2D eigenvalue weighted by atomic mass is 79.9. The van der Waals surface area contributed by atoms with E-state index in [9.17, 15) is 0 Å². The van der Waals surface area contributed by atoms with Gasteiger partial charge in [-0.15, -0.1) is 6.42 Å². The van der Waals surface area contributed by atoms with Crippen LogP contribution in [0.2, 0.25) is 0 Å². The number of benzene rings is 2. The molecule has 0 atom stereocenters. The van der Waals surface area contributed by atoms with Gasteiger partial charge >= 0.3 is 0 Å². The highest BCUT2D eigenvalue weighted by Crippen LogP contribution is 2.23. The van der Waals surface area contributed by atoms with Crippen molar-refractivity contribution < 1.29 is 4.74 Å². The van der Waals surface area contributed by atoms with E-state index in [0.717, 1.165) is 16.8 Å². The highest BCUT2D eigenvalue weighted by molar-refractivity contribution is 9.10. The number of nitrogens with one attached hydrogen (secondary N) is 1. The van der Waals surface area contributed by atoms with Crippen LogP contribution in [0.5, 0.6) is 5.75 Å². The lowest BCUT2D eigenvalue weighted by molar-refractivity contribution is 0.317. The normalized spacial score (nSPS) is 10.0. The van der Waals surface area contributed by atoms with Gasteiger partial charge in [0, 0.05) is 11.0 Å². The second-order valence-electron chi connectivity index (χ2n) is 4.26. The van der Waals surface area contributed by atoms with Gasteiger partial charge in [0.15, 0.2) is 0 Å². The minimum absolute atomic E-state index is 0.575. The number of hydrogen-bond acceptors (Lipinski definition) is 2. The molecule has 2 rings (SSSR count). The molecule has 1 N–H and O–H groups in total. The van der Waals surface area contributed by atoms with Crippen molar-refractivity contribution in [1.29, 1.82) is 0 Å². The number of halogens is 1. The molecule has 0 bridgehead atoms. The second-order valence-corrected chi connectivity index (χ2v) is 5.18. The molecule has 0 saturated carbocycles. The van der Waals surface area contributed by atoms with Crippen LogP contribution in [0, 0.1) is 12.3 Å². The van der Waals surface area contributed by atoms with Gasteiger partial charge < -0.3 is 10.1 Å². The lowest BCUT2D eigenvalue weighted by Crippen LogP contribution is -2.21. The zero-order valence-corrected chi connectivity index (χ0v) is 12.7. The Hall–Kier alpha value is -1.76. The molecule has 0 aromatic heterocycles. The topological polar surface area (TPSA) is 21.3 Å². The molecular formula is C17H16BrNO. The van der Waals surface area contributed by atoms with Gasteiger partial charge in [-0.3, -0.25) is 0 Å². The molecule has 0 unspecified atom stereocenters. The summed E-state index contributed by atoms with van der Waals surface area (Å²) in [6, 6.07) is 16.3. The molecule has 0 aliphatic heterocycles. The average Bonchev–Trinajstić information content (AvgIpc) is 2.49. The SMILES string of the molecule is C#CCNCCOc1ccc(-c2ccc(Br)cc2)cc1. The van der Waals surface area contributed by atoms with Crippen molar-refractivity contribution in [2.45, 2.75) is 0 Å². The predicted molar refractivity (Wildman–Crippen MR) is 86.8 cm³/mol. The monoisotopic (exact) mass is 329 g/mol. The van der Waals surface area contributed by atoms with Crippen LogP contribution in [-0.2, 0) is 0 Å². The van der Waals surface area contributed by atoms with E-state index in [4.69, 9.17) is 11.2 Å². The highest BCUT2D eigenvalue weighted by Gasteiger charge is 1.99. The van der Waals surface area contributed by atoms with Gasteiger partial charge in [0.2, 0.25) is 0 Å². The molecule has 0 amide bonds. The molecule has 0 aliphatic rings. The third-order valence-electron chi connectivity index (χ3n) is 2.81. The molecule has 0 radical (unpaired) electrons. The van der Waals surface area contributed by atoms with E-state index in [-0.39, 0.29) is 0 Å². The average molecular weight is 330 g/mol. The van der Waals surface area contributed by atoms with Gasteiger partial charge in [0.1, 0.15) is 12.4 Å². The third-order valence-corrected chi connectivity index (χ3v) is 3.34. The van der Waals surface area contributed by atoms with Crippen molar-refractivity contribution in [3.05, 3.63) is 53.0 Å². The summed E-state index contributed by atoms with van der Waals surface area (Å²) in [6.45, 7) is 1.93. The third kappa shape index (κ3) is 4.41. The van der Waals surface area contributed by atoms with E-state index in [1.165, 1.54) is 11.1 Å². The summed E-state index contributed by atoms with van der Waals surface area (Å²) in [4.78, 5) is 0. The van der Waals surface area contributed by atoms with Crippen molar-refractivity contribution in [3.63, 3.8) is 0 Å². The summed E-state index contributed by atoms with van der Waals surface area (Å²) in [5.41, 5.74) is 2.37. The van der Waals surface area contributed by atoms with Crippen molar-refractivity contribution in [3.8, 4) is 29.2 Å². The first-order valence-corrected chi connectivity index (χ1v) is 7.22. The van der Waals surface area contributed by atoms with Gasteiger partial charge in [-0.05, 0) is 35.4 Å². The van der Waals surface area contributed by atoms with Crippen molar-refractivity contribution in [2.24, 2.45) is 0 Å². The summed E-state index contributed by atoms with van der Waals surface area (Å²) < 4.78 is 6.71. The fourth-order valence-corrected chi connectivity index (χ4v) is 2.05. The first kappa shape index (κ1) is 14.6. The Morgan fingerprint density at radius 1 is 1.00 bits per heavy atom. The minimum Gasteiger partial charge on any atom is -0.492 e. The molecule has 0 fully saturated rings. The summed E-state index contributed by atoms with van der Waals surface area (Å²) in [6.07, 6.45) is 5.15. The van der Waals surface area contributed by atoms with Gasteiger partial charge in [-0.25, -0.2) is 0 Å². The van der Waals surface area contributed by atoms with E-state index in [1.54, 1.807) is 0 Å². The van der Waals surface area contributed by atoms with Crippen molar-refractivity contribution >= 4 is 15.9 Å². The smallest absolute Gasteiger partial charge is 0.119 e. The van der Waals surface area contributed by atoms with E-state index in [1.807, 2.05) is 24.3 Å². The molecule has 3 heteroatoms. The summed E-state index contributed by atoms with van der Waals surface area (Å²) in [5, 5.41) is 3.08. The van der Waals surface area contributed by atoms with E-state index < -0.39 is 0 Å². The zero-order valence-electron chi connectivity index (χ0n) is 11.1. The van der Waals surface area contributed by atoms with Crippen LogP contribution < -0.4 is 10.1 Å². The fourth-order valence-electron chi connectivity index (χ4n) is 1.79. The van der Waals surface area contributed by atoms with Crippen LogP contribution in [0.15, 0.2) is 53.0 Å². The Morgan fingerprint density at radius 2 is 1.60 bits per heavy atom. The van der Waals surface area contributed by atoms with Crippen molar-refractivity contribution in [2.75, 3.05) is 19.7 Å². The molecule has 0 aliphatic carbocycles. The van der Waals surface area contributed by atoms with E-state index >= 15 is 0 Å². The van der Waals surface area contributed by atoms with E-state index in [2.05, 4.69) is 51.4 Å². The maximum absolute atomic E-state index is 5.62. The molecule has 102 valence electrons. The number of hydrogen-bond donors (Lipinski definition) is 1. The molecule has 2 nitrogen and oxygen atoms in total. The summed E-state index contributed by atoms with van der Waals surface area (Å²) in [5.74, 6) is 3.39. The minimum atomic E-state index is 0.575. The number of terminal acetylenes is 1.